The molecule has 0 saturated carbocycles. The van der Waals surface area contributed by atoms with Gasteiger partial charge < -0.3 is 4.74 Å². The largest absolute Gasteiger partial charge is 0.463 e. The minimum absolute atomic E-state index is 0.0145. The van der Waals surface area contributed by atoms with Crippen molar-refractivity contribution < 1.29 is 9.53 Å². The first kappa shape index (κ1) is 14.7. The molecule has 1 aromatic carbocycles. The highest BCUT2D eigenvalue weighted by Crippen LogP contribution is 2.27. The van der Waals surface area contributed by atoms with E-state index in [2.05, 4.69) is 38.1 Å². The summed E-state index contributed by atoms with van der Waals surface area (Å²) in [5.74, 6) is 0.863. The Balaban J connectivity index is 2.41. The number of hydrogen-bond donors (Lipinski definition) is 0. The third-order valence-corrected chi connectivity index (χ3v) is 3.35. The number of ether oxygens (including phenoxy) is 1. The quantitative estimate of drug-likeness (QED) is 0.707. The Morgan fingerprint density at radius 3 is 2.28 bits per heavy atom. The summed E-state index contributed by atoms with van der Waals surface area (Å²) in [5.41, 5.74) is 1.34. The summed E-state index contributed by atoms with van der Waals surface area (Å²) in [5, 5.41) is 0. The van der Waals surface area contributed by atoms with Gasteiger partial charge in [-0.3, -0.25) is 4.79 Å². The molecule has 2 atom stereocenters. The first-order valence-electron chi connectivity index (χ1n) is 6.75. The van der Waals surface area contributed by atoms with E-state index in [4.69, 9.17) is 4.74 Å². The molecule has 0 heterocycles. The molecule has 0 N–H and O–H groups in total. The third-order valence-electron chi connectivity index (χ3n) is 3.35. The lowest BCUT2D eigenvalue weighted by atomic mass is 9.86. The van der Waals surface area contributed by atoms with Crippen LogP contribution in [0.3, 0.4) is 0 Å². The second-order valence-electron chi connectivity index (χ2n) is 5.25. The summed E-state index contributed by atoms with van der Waals surface area (Å²) in [6, 6.07) is 10.4. The molecule has 0 aliphatic carbocycles. The fourth-order valence-corrected chi connectivity index (χ4v) is 2.00. The minimum Gasteiger partial charge on any atom is -0.463 e. The maximum atomic E-state index is 11.5. The van der Waals surface area contributed by atoms with Crippen molar-refractivity contribution in [3.8, 4) is 0 Å². The van der Waals surface area contributed by atoms with E-state index in [0.717, 1.165) is 6.42 Å². The van der Waals surface area contributed by atoms with E-state index in [1.807, 2.05) is 19.9 Å². The van der Waals surface area contributed by atoms with E-state index in [-0.39, 0.29) is 12.1 Å². The topological polar surface area (TPSA) is 26.3 Å². The summed E-state index contributed by atoms with van der Waals surface area (Å²) in [6.45, 7) is 8.18. The molecule has 0 aliphatic heterocycles. The van der Waals surface area contributed by atoms with Crippen molar-refractivity contribution in [3.63, 3.8) is 0 Å². The zero-order valence-electron chi connectivity index (χ0n) is 11.8. The smallest absolute Gasteiger partial charge is 0.306 e. The van der Waals surface area contributed by atoms with Crippen molar-refractivity contribution in [2.24, 2.45) is 5.92 Å². The second-order valence-corrected chi connectivity index (χ2v) is 5.25. The van der Waals surface area contributed by atoms with Crippen LogP contribution in [0, 0.1) is 5.92 Å². The van der Waals surface area contributed by atoms with Crippen molar-refractivity contribution in [2.45, 2.75) is 52.6 Å². The molecule has 100 valence electrons. The van der Waals surface area contributed by atoms with Crippen LogP contribution in [0.15, 0.2) is 30.3 Å². The predicted octanol–water partition coefficient (Wildman–Crippen LogP) is 4.16. The lowest BCUT2D eigenvalue weighted by Gasteiger charge is -2.20. The van der Waals surface area contributed by atoms with E-state index in [0.29, 0.717) is 18.3 Å². The van der Waals surface area contributed by atoms with Gasteiger partial charge in [0.15, 0.2) is 0 Å². The fraction of sp³-hybridized carbons (Fsp3) is 0.562. The zero-order valence-corrected chi connectivity index (χ0v) is 11.8. The molecule has 18 heavy (non-hydrogen) atoms. The summed E-state index contributed by atoms with van der Waals surface area (Å²) in [4.78, 5) is 11.5. The van der Waals surface area contributed by atoms with Crippen LogP contribution in [0.4, 0.5) is 0 Å². The Kier molecular flexibility index (Phi) is 5.90. The first-order chi connectivity index (χ1) is 8.50. The fourth-order valence-electron chi connectivity index (χ4n) is 2.00. The molecule has 0 fully saturated rings. The second kappa shape index (κ2) is 7.20. The molecule has 2 heteroatoms. The standard InChI is InChI=1S/C16H24O2/c1-12(2)18-16(17)11-10-13(3)14(4)15-8-6-5-7-9-15/h5-9,12-14H,10-11H2,1-4H3. The summed E-state index contributed by atoms with van der Waals surface area (Å²) in [6.07, 6.45) is 1.37. The SMILES string of the molecule is CC(C)OC(=O)CCC(C)C(C)c1ccccc1. The van der Waals surface area contributed by atoms with Crippen LogP contribution in [0.25, 0.3) is 0 Å². The van der Waals surface area contributed by atoms with Crippen molar-refractivity contribution in [1.82, 2.24) is 0 Å². The van der Waals surface area contributed by atoms with Crippen molar-refractivity contribution in [1.29, 1.82) is 0 Å². The number of esters is 1. The number of rotatable bonds is 6. The van der Waals surface area contributed by atoms with E-state index >= 15 is 0 Å². The number of carbonyl (C=O) groups excluding carboxylic acids is 1. The highest BCUT2D eigenvalue weighted by molar-refractivity contribution is 5.69. The van der Waals surface area contributed by atoms with Gasteiger partial charge in [-0.05, 0) is 37.7 Å². The Labute approximate surface area is 110 Å². The first-order valence-corrected chi connectivity index (χ1v) is 6.75. The van der Waals surface area contributed by atoms with Crippen LogP contribution in [0.2, 0.25) is 0 Å². The molecular weight excluding hydrogens is 224 g/mol. The molecule has 0 radical (unpaired) electrons. The average Bonchev–Trinajstić information content (AvgIpc) is 2.35. The van der Waals surface area contributed by atoms with Crippen molar-refractivity contribution in [2.75, 3.05) is 0 Å². The molecular formula is C16H24O2. The zero-order chi connectivity index (χ0) is 13.5. The van der Waals surface area contributed by atoms with Crippen molar-refractivity contribution in [3.05, 3.63) is 35.9 Å². The van der Waals surface area contributed by atoms with E-state index in [9.17, 15) is 4.79 Å². The summed E-state index contributed by atoms with van der Waals surface area (Å²) < 4.78 is 5.15. The maximum Gasteiger partial charge on any atom is 0.306 e. The molecule has 0 amide bonds. The van der Waals surface area contributed by atoms with Crippen LogP contribution >= 0.6 is 0 Å². The molecule has 2 unspecified atom stereocenters. The van der Waals surface area contributed by atoms with Crippen LogP contribution in [0.5, 0.6) is 0 Å². The summed E-state index contributed by atoms with van der Waals surface area (Å²) >= 11 is 0. The number of benzene rings is 1. The van der Waals surface area contributed by atoms with E-state index < -0.39 is 0 Å². The highest BCUT2D eigenvalue weighted by atomic mass is 16.5. The molecule has 0 saturated heterocycles. The van der Waals surface area contributed by atoms with Crippen LogP contribution in [-0.2, 0) is 9.53 Å². The maximum absolute atomic E-state index is 11.5. The van der Waals surface area contributed by atoms with Crippen molar-refractivity contribution >= 4 is 5.97 Å². The van der Waals surface area contributed by atoms with Gasteiger partial charge in [0.1, 0.15) is 0 Å². The van der Waals surface area contributed by atoms with Gasteiger partial charge in [0.25, 0.3) is 0 Å². The molecule has 0 aromatic heterocycles. The lowest BCUT2D eigenvalue weighted by Crippen LogP contribution is -2.14. The number of carbonyl (C=O) groups is 1. The lowest BCUT2D eigenvalue weighted by molar-refractivity contribution is -0.147. The molecule has 2 nitrogen and oxygen atoms in total. The molecule has 1 aromatic rings. The van der Waals surface area contributed by atoms with Gasteiger partial charge in [-0.25, -0.2) is 0 Å². The molecule has 0 bridgehead atoms. The van der Waals surface area contributed by atoms with Crippen LogP contribution in [0.1, 0.15) is 52.0 Å². The normalized spacial score (nSPS) is 14.3. The van der Waals surface area contributed by atoms with Crippen LogP contribution < -0.4 is 0 Å². The minimum atomic E-state index is -0.0860. The van der Waals surface area contributed by atoms with Gasteiger partial charge in [0.05, 0.1) is 6.10 Å². The van der Waals surface area contributed by atoms with Gasteiger partial charge in [-0.2, -0.15) is 0 Å². The van der Waals surface area contributed by atoms with Gasteiger partial charge >= 0.3 is 5.97 Å². The molecule has 0 spiro atoms. The van der Waals surface area contributed by atoms with E-state index in [1.165, 1.54) is 5.56 Å². The van der Waals surface area contributed by atoms with Gasteiger partial charge in [0, 0.05) is 6.42 Å². The highest BCUT2D eigenvalue weighted by Gasteiger charge is 2.16. The van der Waals surface area contributed by atoms with E-state index in [1.54, 1.807) is 0 Å². The Hall–Kier alpha value is -1.31. The van der Waals surface area contributed by atoms with Crippen LogP contribution in [-0.4, -0.2) is 12.1 Å². The average molecular weight is 248 g/mol. The van der Waals surface area contributed by atoms with Gasteiger partial charge in [-0.15, -0.1) is 0 Å². The molecule has 1 rings (SSSR count). The monoisotopic (exact) mass is 248 g/mol. The Bertz CT molecular complexity index is 357. The van der Waals surface area contributed by atoms with Gasteiger partial charge in [0.2, 0.25) is 0 Å². The number of hydrogen-bond acceptors (Lipinski definition) is 2. The molecule has 0 aliphatic rings. The predicted molar refractivity (Wildman–Crippen MR) is 74.5 cm³/mol. The Morgan fingerprint density at radius 1 is 1.11 bits per heavy atom. The third kappa shape index (κ3) is 4.91. The van der Waals surface area contributed by atoms with Gasteiger partial charge in [-0.1, -0.05) is 44.2 Å². The summed E-state index contributed by atoms with van der Waals surface area (Å²) in [7, 11) is 0. The Morgan fingerprint density at radius 2 is 1.72 bits per heavy atom.